The number of pyridine rings is 1. The first-order valence-electron chi connectivity index (χ1n) is 9.76. The Bertz CT molecular complexity index is 1260. The van der Waals surface area contributed by atoms with Crippen molar-refractivity contribution in [3.05, 3.63) is 70.2 Å². The summed E-state index contributed by atoms with van der Waals surface area (Å²) in [6, 6.07) is 14.0. The van der Waals surface area contributed by atoms with Gasteiger partial charge in [0.05, 0.1) is 27.2 Å². The molecule has 0 spiro atoms. The number of likely N-dealkylation sites (N-methyl/N-ethyl adjacent to an activating group) is 1. The number of nitrogens with one attached hydrogen (secondary N) is 1. The number of carbonyl (C=O) groups is 2. The molecule has 1 atom stereocenters. The van der Waals surface area contributed by atoms with Gasteiger partial charge in [0.15, 0.2) is 0 Å². The van der Waals surface area contributed by atoms with Gasteiger partial charge in [-0.05, 0) is 37.6 Å². The summed E-state index contributed by atoms with van der Waals surface area (Å²) in [6.07, 6.45) is 0. The van der Waals surface area contributed by atoms with Crippen molar-refractivity contribution in [1.82, 2.24) is 20.4 Å². The lowest BCUT2D eigenvalue weighted by atomic mass is 10.0. The van der Waals surface area contributed by atoms with E-state index in [9.17, 15) is 9.59 Å². The van der Waals surface area contributed by atoms with E-state index in [0.717, 1.165) is 9.75 Å². The molecule has 2 amide bonds. The van der Waals surface area contributed by atoms with Crippen LogP contribution in [0.2, 0.25) is 0 Å². The van der Waals surface area contributed by atoms with E-state index in [1.165, 1.54) is 4.90 Å². The molecule has 0 aliphatic carbocycles. The number of amides is 2. The van der Waals surface area contributed by atoms with Gasteiger partial charge in [-0.15, -0.1) is 11.3 Å². The van der Waals surface area contributed by atoms with Crippen molar-refractivity contribution in [2.24, 2.45) is 0 Å². The largest absolute Gasteiger partial charge is 0.347 e. The van der Waals surface area contributed by atoms with E-state index in [1.54, 1.807) is 38.4 Å². The number of rotatable bonds is 5. The number of aryl methyl sites for hydroxylation is 2. The number of carbonyl (C=O) groups excluding carboxylic acids is 2. The van der Waals surface area contributed by atoms with Crippen LogP contribution in [0.3, 0.4) is 0 Å². The quantitative estimate of drug-likeness (QED) is 0.510. The van der Waals surface area contributed by atoms with Crippen molar-refractivity contribution in [2.75, 3.05) is 14.1 Å². The van der Waals surface area contributed by atoms with Gasteiger partial charge in [-0.1, -0.05) is 35.5 Å². The number of benzene rings is 1. The third-order valence-electron chi connectivity index (χ3n) is 4.95. The van der Waals surface area contributed by atoms with Crippen LogP contribution in [-0.2, 0) is 4.79 Å². The maximum absolute atomic E-state index is 13.4. The Morgan fingerprint density at radius 1 is 1.10 bits per heavy atom. The van der Waals surface area contributed by atoms with E-state index >= 15 is 0 Å². The van der Waals surface area contributed by atoms with Crippen molar-refractivity contribution in [3.8, 4) is 10.6 Å². The highest BCUT2D eigenvalue weighted by Gasteiger charge is 2.27. The lowest BCUT2D eigenvalue weighted by Gasteiger charge is -2.22. The molecule has 0 fully saturated rings. The molecule has 3 heterocycles. The highest BCUT2D eigenvalue weighted by atomic mass is 32.1. The van der Waals surface area contributed by atoms with E-state index in [0.29, 0.717) is 33.6 Å². The minimum atomic E-state index is -0.820. The highest BCUT2D eigenvalue weighted by molar-refractivity contribution is 7.15. The first-order valence-corrected chi connectivity index (χ1v) is 10.6. The zero-order valence-corrected chi connectivity index (χ0v) is 18.5. The van der Waals surface area contributed by atoms with Crippen LogP contribution in [0.4, 0.5) is 0 Å². The maximum Gasteiger partial charge on any atom is 0.259 e. The number of thiophene rings is 1. The predicted octanol–water partition coefficient (Wildman–Crippen LogP) is 4.13. The molecule has 0 radical (unpaired) electrons. The van der Waals surface area contributed by atoms with Gasteiger partial charge in [0, 0.05) is 19.0 Å². The standard InChI is InChI=1S/C23H22N4O3S/c1-13-10-11-18(31-13)17-12-16(19-14(2)26-30-22(19)24-17)21(28)25-20(23(29)27(3)4)15-8-6-5-7-9-15/h5-12,20H,1-4H3,(H,25,28)/t20-/m0/s1. The van der Waals surface area contributed by atoms with Crippen molar-refractivity contribution in [2.45, 2.75) is 19.9 Å². The third kappa shape index (κ3) is 4.06. The Kier molecular flexibility index (Phi) is 5.56. The lowest BCUT2D eigenvalue weighted by molar-refractivity contribution is -0.130. The second-order valence-electron chi connectivity index (χ2n) is 7.46. The minimum absolute atomic E-state index is 0.221. The van der Waals surface area contributed by atoms with Gasteiger partial charge in [-0.3, -0.25) is 9.59 Å². The first kappa shape index (κ1) is 20.7. The maximum atomic E-state index is 13.4. The molecule has 0 saturated heterocycles. The molecular weight excluding hydrogens is 412 g/mol. The number of hydrogen-bond acceptors (Lipinski definition) is 6. The Hall–Kier alpha value is -3.52. The molecular formula is C23H22N4O3S. The Balaban J connectivity index is 1.78. The second-order valence-corrected chi connectivity index (χ2v) is 8.75. The Morgan fingerprint density at radius 3 is 2.48 bits per heavy atom. The fraction of sp³-hybridized carbons (Fsp3) is 0.217. The number of fused-ring (bicyclic) bond motifs is 1. The summed E-state index contributed by atoms with van der Waals surface area (Å²) in [4.78, 5) is 34.4. The number of nitrogens with zero attached hydrogens (tertiary/aromatic N) is 3. The van der Waals surface area contributed by atoms with E-state index in [1.807, 2.05) is 49.4 Å². The second kappa shape index (κ2) is 8.31. The van der Waals surface area contributed by atoms with Crippen molar-refractivity contribution >= 4 is 34.3 Å². The van der Waals surface area contributed by atoms with Gasteiger partial charge in [0.2, 0.25) is 5.91 Å². The van der Waals surface area contributed by atoms with Crippen LogP contribution in [0, 0.1) is 13.8 Å². The zero-order valence-electron chi connectivity index (χ0n) is 17.7. The topological polar surface area (TPSA) is 88.3 Å². The molecule has 0 aliphatic rings. The molecule has 0 aliphatic heterocycles. The predicted molar refractivity (Wildman–Crippen MR) is 120 cm³/mol. The molecule has 4 aromatic rings. The van der Waals surface area contributed by atoms with Gasteiger partial charge in [0.25, 0.3) is 11.6 Å². The summed E-state index contributed by atoms with van der Waals surface area (Å²) in [7, 11) is 3.33. The van der Waals surface area contributed by atoms with Crippen molar-refractivity contribution in [3.63, 3.8) is 0 Å². The fourth-order valence-corrected chi connectivity index (χ4v) is 4.20. The van der Waals surface area contributed by atoms with Gasteiger partial charge >= 0.3 is 0 Å². The van der Waals surface area contributed by atoms with E-state index < -0.39 is 11.9 Å². The summed E-state index contributed by atoms with van der Waals surface area (Å²) in [6.45, 7) is 3.77. The summed E-state index contributed by atoms with van der Waals surface area (Å²) < 4.78 is 5.37. The molecule has 8 heteroatoms. The molecule has 0 bridgehead atoms. The lowest BCUT2D eigenvalue weighted by Crippen LogP contribution is -2.40. The van der Waals surface area contributed by atoms with Crippen LogP contribution in [-0.4, -0.2) is 41.0 Å². The SMILES string of the molecule is Cc1ccc(-c2cc(C(=O)N[C@H](C(=O)N(C)C)c3ccccc3)c3c(C)noc3n2)s1. The molecule has 0 unspecified atom stereocenters. The molecule has 7 nitrogen and oxygen atoms in total. The third-order valence-corrected chi connectivity index (χ3v) is 5.97. The summed E-state index contributed by atoms with van der Waals surface area (Å²) in [5.74, 6) is -0.613. The van der Waals surface area contributed by atoms with Crippen LogP contribution < -0.4 is 5.32 Å². The van der Waals surface area contributed by atoms with E-state index in [2.05, 4.69) is 15.5 Å². The normalized spacial score (nSPS) is 12.0. The molecule has 158 valence electrons. The Labute approximate surface area is 183 Å². The Morgan fingerprint density at radius 2 is 1.84 bits per heavy atom. The number of hydrogen-bond donors (Lipinski definition) is 1. The summed E-state index contributed by atoms with van der Waals surface area (Å²) in [5, 5.41) is 7.43. The average Bonchev–Trinajstić information content (AvgIpc) is 3.37. The molecule has 3 aromatic heterocycles. The first-order chi connectivity index (χ1) is 14.8. The summed E-state index contributed by atoms with van der Waals surface area (Å²) in [5.41, 5.74) is 2.56. The monoisotopic (exact) mass is 434 g/mol. The number of aromatic nitrogens is 2. The molecule has 1 N–H and O–H groups in total. The minimum Gasteiger partial charge on any atom is -0.347 e. The van der Waals surface area contributed by atoms with E-state index in [-0.39, 0.29) is 5.91 Å². The van der Waals surface area contributed by atoms with Crippen LogP contribution in [0.25, 0.3) is 21.7 Å². The molecule has 31 heavy (non-hydrogen) atoms. The smallest absolute Gasteiger partial charge is 0.259 e. The van der Waals surface area contributed by atoms with Crippen LogP contribution in [0.15, 0.2) is 53.1 Å². The molecule has 0 saturated carbocycles. The highest BCUT2D eigenvalue weighted by Crippen LogP contribution is 2.31. The van der Waals surface area contributed by atoms with Gasteiger partial charge in [-0.2, -0.15) is 0 Å². The zero-order chi connectivity index (χ0) is 22.1. The van der Waals surface area contributed by atoms with Crippen LogP contribution >= 0.6 is 11.3 Å². The van der Waals surface area contributed by atoms with Crippen LogP contribution in [0.5, 0.6) is 0 Å². The van der Waals surface area contributed by atoms with Crippen LogP contribution in [0.1, 0.15) is 32.5 Å². The molecule has 4 rings (SSSR count). The fourth-order valence-electron chi connectivity index (χ4n) is 3.37. The van der Waals surface area contributed by atoms with Gasteiger partial charge < -0.3 is 14.7 Å². The van der Waals surface area contributed by atoms with Crippen molar-refractivity contribution in [1.29, 1.82) is 0 Å². The molecule has 1 aromatic carbocycles. The van der Waals surface area contributed by atoms with Gasteiger partial charge in [-0.25, -0.2) is 4.98 Å². The van der Waals surface area contributed by atoms with Gasteiger partial charge in [0.1, 0.15) is 6.04 Å². The van der Waals surface area contributed by atoms with Crippen molar-refractivity contribution < 1.29 is 14.1 Å². The summed E-state index contributed by atoms with van der Waals surface area (Å²) >= 11 is 1.58. The van der Waals surface area contributed by atoms with E-state index in [4.69, 9.17) is 4.52 Å². The average molecular weight is 435 g/mol.